The molecule has 1 aromatic rings. The van der Waals surface area contributed by atoms with Gasteiger partial charge < -0.3 is 20.2 Å². The van der Waals surface area contributed by atoms with Crippen molar-refractivity contribution in [1.29, 1.82) is 0 Å². The summed E-state index contributed by atoms with van der Waals surface area (Å²) in [6.45, 7) is 9.04. The van der Waals surface area contributed by atoms with Crippen LogP contribution in [0.5, 0.6) is 5.75 Å². The molecule has 1 atom stereocenters. The van der Waals surface area contributed by atoms with Gasteiger partial charge in [-0.1, -0.05) is 45.2 Å². The van der Waals surface area contributed by atoms with Crippen LogP contribution in [0.3, 0.4) is 0 Å². The van der Waals surface area contributed by atoms with E-state index in [-0.39, 0.29) is 0 Å². The molecule has 24 heavy (non-hydrogen) atoms. The van der Waals surface area contributed by atoms with Crippen molar-refractivity contribution in [1.82, 2.24) is 10.2 Å². The number of anilines is 1. The van der Waals surface area contributed by atoms with Crippen LogP contribution in [0.1, 0.15) is 39.5 Å². The van der Waals surface area contributed by atoms with Gasteiger partial charge in [0, 0.05) is 32.7 Å². The zero-order valence-corrected chi connectivity index (χ0v) is 15.8. The first-order valence-corrected chi connectivity index (χ1v) is 9.62. The first-order valence-electron chi connectivity index (χ1n) is 9.21. The second kappa shape index (κ2) is 9.72. The lowest BCUT2D eigenvalue weighted by atomic mass is 9.99. The molecule has 0 saturated carbocycles. The van der Waals surface area contributed by atoms with Gasteiger partial charge in [0.25, 0.3) is 0 Å². The van der Waals surface area contributed by atoms with Crippen molar-refractivity contribution in [2.75, 3.05) is 37.6 Å². The SMILES string of the molecule is CCCC[C@@H](CC)CNC(=S)N1CCN(c2ccccc2O)CC1. The monoisotopic (exact) mass is 349 g/mol. The van der Waals surface area contributed by atoms with Gasteiger partial charge in [-0.3, -0.25) is 0 Å². The Bertz CT molecular complexity index is 515. The number of rotatable bonds is 7. The average molecular weight is 350 g/mol. The standard InChI is InChI=1S/C19H31N3OS/c1-3-5-8-16(4-2)15-20-19(24)22-13-11-21(12-14-22)17-9-6-7-10-18(17)23/h6-7,9-10,16,23H,3-5,8,11-15H2,1-2H3,(H,20,24)/t16-/m1/s1. The minimum atomic E-state index is 0.355. The molecule has 2 rings (SSSR count). The topological polar surface area (TPSA) is 38.7 Å². The fraction of sp³-hybridized carbons (Fsp3) is 0.632. The van der Waals surface area contributed by atoms with Gasteiger partial charge in [0.2, 0.25) is 0 Å². The van der Waals surface area contributed by atoms with E-state index in [4.69, 9.17) is 12.2 Å². The van der Waals surface area contributed by atoms with Gasteiger partial charge in [-0.05, 0) is 36.7 Å². The van der Waals surface area contributed by atoms with Gasteiger partial charge in [0.15, 0.2) is 5.11 Å². The van der Waals surface area contributed by atoms with Crippen LogP contribution in [-0.4, -0.2) is 47.8 Å². The molecule has 1 aliphatic heterocycles. The molecule has 134 valence electrons. The molecule has 0 radical (unpaired) electrons. The van der Waals surface area contributed by atoms with E-state index in [9.17, 15) is 5.11 Å². The molecule has 5 heteroatoms. The summed E-state index contributed by atoms with van der Waals surface area (Å²) in [5.41, 5.74) is 0.918. The molecule has 1 saturated heterocycles. The predicted octanol–water partition coefficient (Wildman–Crippen LogP) is 3.61. The van der Waals surface area contributed by atoms with Crippen LogP contribution in [0.25, 0.3) is 0 Å². The number of hydrogen-bond acceptors (Lipinski definition) is 3. The highest BCUT2D eigenvalue weighted by molar-refractivity contribution is 7.80. The number of phenolic OH excluding ortho intramolecular Hbond substituents is 1. The summed E-state index contributed by atoms with van der Waals surface area (Å²) in [4.78, 5) is 4.48. The van der Waals surface area contributed by atoms with Gasteiger partial charge in [-0.15, -0.1) is 0 Å². The molecule has 2 N–H and O–H groups in total. The quantitative estimate of drug-likeness (QED) is 0.736. The van der Waals surface area contributed by atoms with Gasteiger partial charge in [0.1, 0.15) is 5.75 Å². The summed E-state index contributed by atoms with van der Waals surface area (Å²) in [6.07, 6.45) is 5.04. The lowest BCUT2D eigenvalue weighted by Crippen LogP contribution is -2.52. The van der Waals surface area contributed by atoms with Gasteiger partial charge in [-0.25, -0.2) is 0 Å². The van der Waals surface area contributed by atoms with Crippen LogP contribution in [0.15, 0.2) is 24.3 Å². The van der Waals surface area contributed by atoms with Crippen LogP contribution in [0, 0.1) is 5.92 Å². The molecule has 0 aromatic heterocycles. The Kier molecular flexibility index (Phi) is 7.63. The number of benzene rings is 1. The normalized spacial score (nSPS) is 16.1. The van der Waals surface area contributed by atoms with E-state index in [1.54, 1.807) is 6.07 Å². The number of para-hydroxylation sites is 2. The van der Waals surface area contributed by atoms with E-state index in [2.05, 4.69) is 29.0 Å². The Hall–Kier alpha value is -1.49. The van der Waals surface area contributed by atoms with Crippen LogP contribution >= 0.6 is 12.2 Å². The Balaban J connectivity index is 1.77. The van der Waals surface area contributed by atoms with E-state index >= 15 is 0 Å². The van der Waals surface area contributed by atoms with Crippen molar-refractivity contribution in [3.63, 3.8) is 0 Å². The van der Waals surface area contributed by atoms with Crippen LogP contribution in [-0.2, 0) is 0 Å². The summed E-state index contributed by atoms with van der Waals surface area (Å²) in [6, 6.07) is 7.54. The first kappa shape index (κ1) is 18.8. The lowest BCUT2D eigenvalue weighted by Gasteiger charge is -2.37. The summed E-state index contributed by atoms with van der Waals surface area (Å²) in [7, 11) is 0. The molecule has 0 bridgehead atoms. The number of piperazine rings is 1. The summed E-state index contributed by atoms with van der Waals surface area (Å²) >= 11 is 5.58. The van der Waals surface area contributed by atoms with Crippen molar-refractivity contribution in [3.05, 3.63) is 24.3 Å². The number of unbranched alkanes of at least 4 members (excludes halogenated alkanes) is 1. The molecule has 1 aliphatic rings. The first-order chi connectivity index (χ1) is 11.7. The van der Waals surface area contributed by atoms with Crippen LogP contribution < -0.4 is 10.2 Å². The smallest absolute Gasteiger partial charge is 0.169 e. The highest BCUT2D eigenvalue weighted by atomic mass is 32.1. The maximum Gasteiger partial charge on any atom is 0.169 e. The molecule has 0 spiro atoms. The highest BCUT2D eigenvalue weighted by Gasteiger charge is 2.21. The van der Waals surface area contributed by atoms with Crippen molar-refractivity contribution < 1.29 is 5.11 Å². The maximum atomic E-state index is 9.99. The van der Waals surface area contributed by atoms with E-state index in [0.717, 1.165) is 43.5 Å². The van der Waals surface area contributed by atoms with Crippen molar-refractivity contribution in [2.45, 2.75) is 39.5 Å². The molecule has 0 unspecified atom stereocenters. The fourth-order valence-electron chi connectivity index (χ4n) is 3.17. The minimum absolute atomic E-state index is 0.355. The molecule has 0 aliphatic carbocycles. The summed E-state index contributed by atoms with van der Waals surface area (Å²) in [5.74, 6) is 1.07. The molecule has 4 nitrogen and oxygen atoms in total. The van der Waals surface area contributed by atoms with Crippen molar-refractivity contribution >= 4 is 23.0 Å². The van der Waals surface area contributed by atoms with Gasteiger partial charge in [-0.2, -0.15) is 0 Å². The zero-order chi connectivity index (χ0) is 17.4. The maximum absolute atomic E-state index is 9.99. The lowest BCUT2D eigenvalue weighted by molar-refractivity contribution is 0.368. The highest BCUT2D eigenvalue weighted by Crippen LogP contribution is 2.27. The summed E-state index contributed by atoms with van der Waals surface area (Å²) < 4.78 is 0. The largest absolute Gasteiger partial charge is 0.506 e. The molecule has 1 heterocycles. The molecule has 0 amide bonds. The van der Waals surface area contributed by atoms with Crippen molar-refractivity contribution in [2.24, 2.45) is 5.92 Å². The van der Waals surface area contributed by atoms with E-state index in [0.29, 0.717) is 11.7 Å². The second-order valence-electron chi connectivity index (χ2n) is 6.57. The predicted molar refractivity (Wildman–Crippen MR) is 106 cm³/mol. The van der Waals surface area contributed by atoms with E-state index in [1.807, 2.05) is 18.2 Å². The van der Waals surface area contributed by atoms with Crippen LogP contribution in [0.2, 0.25) is 0 Å². The van der Waals surface area contributed by atoms with Gasteiger partial charge >= 0.3 is 0 Å². The second-order valence-corrected chi connectivity index (χ2v) is 6.95. The average Bonchev–Trinajstić information content (AvgIpc) is 2.62. The number of nitrogens with one attached hydrogen (secondary N) is 1. The molecular formula is C19H31N3OS. The Labute approximate surface area is 151 Å². The van der Waals surface area contributed by atoms with Crippen LogP contribution in [0.4, 0.5) is 5.69 Å². The van der Waals surface area contributed by atoms with E-state index in [1.165, 1.54) is 25.7 Å². The number of thiocarbonyl (C=S) groups is 1. The number of nitrogens with zero attached hydrogens (tertiary/aromatic N) is 2. The molecule has 1 fully saturated rings. The third-order valence-corrected chi connectivity index (χ3v) is 5.28. The molecular weight excluding hydrogens is 318 g/mol. The number of hydrogen-bond donors (Lipinski definition) is 2. The Morgan fingerprint density at radius 1 is 1.21 bits per heavy atom. The third kappa shape index (κ3) is 5.26. The Morgan fingerprint density at radius 2 is 1.92 bits per heavy atom. The molecule has 1 aromatic carbocycles. The number of phenols is 1. The summed E-state index contributed by atoms with van der Waals surface area (Å²) in [5, 5.41) is 14.3. The Morgan fingerprint density at radius 3 is 2.54 bits per heavy atom. The van der Waals surface area contributed by atoms with Gasteiger partial charge in [0.05, 0.1) is 5.69 Å². The zero-order valence-electron chi connectivity index (χ0n) is 15.0. The number of aromatic hydroxyl groups is 1. The van der Waals surface area contributed by atoms with E-state index < -0.39 is 0 Å². The van der Waals surface area contributed by atoms with Crippen molar-refractivity contribution in [3.8, 4) is 5.75 Å². The fourth-order valence-corrected chi connectivity index (χ4v) is 3.43. The third-order valence-electron chi connectivity index (χ3n) is 4.87. The minimum Gasteiger partial charge on any atom is -0.506 e.